The van der Waals surface area contributed by atoms with Gasteiger partial charge < -0.3 is 4.40 Å². The van der Waals surface area contributed by atoms with Gasteiger partial charge in [0.25, 0.3) is 0 Å². The number of nitrogens with zero attached hydrogens (tertiary/aromatic N) is 3. The number of benzene rings is 1. The fourth-order valence-corrected chi connectivity index (χ4v) is 2.84. The van der Waals surface area contributed by atoms with Gasteiger partial charge in [0.2, 0.25) is 0 Å². The molecule has 0 aliphatic heterocycles. The number of Topliss-reactive ketones (excluding diaryl/α,β-unsaturated/α-hetero) is 2. The summed E-state index contributed by atoms with van der Waals surface area (Å²) < 4.78 is 3.09. The van der Waals surface area contributed by atoms with Crippen LogP contribution in [0.25, 0.3) is 16.9 Å². The zero-order valence-electron chi connectivity index (χ0n) is 13.4. The van der Waals surface area contributed by atoms with Gasteiger partial charge in [0, 0.05) is 21.5 Å². The van der Waals surface area contributed by atoms with Crippen LogP contribution >= 0.6 is 22.6 Å². The van der Waals surface area contributed by atoms with Crippen LogP contribution < -0.4 is 5.43 Å². The molecule has 1 N–H and O–H groups in total. The van der Waals surface area contributed by atoms with Crippen molar-refractivity contribution in [3.8, 4) is 11.3 Å². The fourth-order valence-electron chi connectivity index (χ4n) is 2.36. The summed E-state index contributed by atoms with van der Waals surface area (Å²) in [6.45, 7) is 1.37. The number of imidazole rings is 1. The van der Waals surface area contributed by atoms with E-state index in [2.05, 4.69) is 38.1 Å². The third kappa shape index (κ3) is 4.30. The Labute approximate surface area is 158 Å². The number of halogens is 1. The lowest BCUT2D eigenvalue weighted by Crippen LogP contribution is -2.06. The summed E-state index contributed by atoms with van der Waals surface area (Å²) >= 11 is 2.26. The number of hydrogen-bond donors (Lipinski definition) is 1. The zero-order valence-corrected chi connectivity index (χ0v) is 15.6. The van der Waals surface area contributed by atoms with Crippen LogP contribution in [0.15, 0.2) is 53.9 Å². The second-order valence-electron chi connectivity index (χ2n) is 5.50. The van der Waals surface area contributed by atoms with Crippen molar-refractivity contribution in [3.05, 3.63) is 52.4 Å². The van der Waals surface area contributed by atoms with Gasteiger partial charge in [-0.2, -0.15) is 5.10 Å². The molecule has 6 nitrogen and oxygen atoms in total. The second kappa shape index (κ2) is 7.56. The lowest BCUT2D eigenvalue weighted by atomic mass is 10.1. The lowest BCUT2D eigenvalue weighted by molar-refractivity contribution is -0.122. The molecule has 0 aliphatic rings. The number of aromatic nitrogens is 2. The summed E-state index contributed by atoms with van der Waals surface area (Å²) in [6, 6.07) is 11.5. The molecule has 0 spiro atoms. The van der Waals surface area contributed by atoms with Crippen LogP contribution in [-0.2, 0) is 9.59 Å². The Morgan fingerprint density at radius 3 is 2.84 bits per heavy atom. The molecule has 25 heavy (non-hydrogen) atoms. The molecule has 0 fully saturated rings. The number of nitrogens with one attached hydrogen (secondary N) is 1. The first kappa shape index (κ1) is 17.3. The van der Waals surface area contributed by atoms with Crippen LogP contribution in [0.3, 0.4) is 0 Å². The van der Waals surface area contributed by atoms with Gasteiger partial charge in [-0.3, -0.25) is 15.0 Å². The molecule has 0 amide bonds. The first-order chi connectivity index (χ1) is 12.0. The van der Waals surface area contributed by atoms with E-state index in [0.29, 0.717) is 0 Å². The van der Waals surface area contributed by atoms with E-state index in [4.69, 9.17) is 0 Å². The second-order valence-corrected chi connectivity index (χ2v) is 6.75. The van der Waals surface area contributed by atoms with Gasteiger partial charge in [0.15, 0.2) is 5.78 Å². The number of carbonyl (C=O) groups is 2. The maximum Gasteiger partial charge on any atom is 0.182 e. The maximum absolute atomic E-state index is 11.5. The maximum atomic E-state index is 11.5. The van der Waals surface area contributed by atoms with Crippen molar-refractivity contribution in [1.29, 1.82) is 0 Å². The highest BCUT2D eigenvalue weighted by atomic mass is 127. The monoisotopic (exact) mass is 446 g/mol. The Morgan fingerprint density at radius 1 is 1.24 bits per heavy atom. The molecule has 0 aliphatic carbocycles. The van der Waals surface area contributed by atoms with Gasteiger partial charge >= 0.3 is 0 Å². The number of fused-ring (bicyclic) bond motifs is 1. The molecule has 1 aromatic carbocycles. The summed E-state index contributed by atoms with van der Waals surface area (Å²) in [7, 11) is 0. The summed E-state index contributed by atoms with van der Waals surface area (Å²) in [6.07, 6.45) is 4.94. The molecule has 3 rings (SSSR count). The first-order valence-corrected chi connectivity index (χ1v) is 8.66. The van der Waals surface area contributed by atoms with E-state index in [-0.39, 0.29) is 18.0 Å². The number of pyridine rings is 1. The zero-order chi connectivity index (χ0) is 17.8. The molecular weight excluding hydrogens is 431 g/mol. The summed E-state index contributed by atoms with van der Waals surface area (Å²) in [4.78, 5) is 27.1. The molecule has 126 valence electrons. The predicted molar refractivity (Wildman–Crippen MR) is 106 cm³/mol. The molecule has 0 saturated heterocycles. The summed E-state index contributed by atoms with van der Waals surface area (Å²) in [5, 5.41) is 3.94. The van der Waals surface area contributed by atoms with E-state index in [0.717, 1.165) is 32.4 Å². The van der Waals surface area contributed by atoms with Gasteiger partial charge in [-0.25, -0.2) is 4.98 Å². The topological polar surface area (TPSA) is 75.8 Å². The Hall–Kier alpha value is -2.55. The Kier molecular flexibility index (Phi) is 5.22. The van der Waals surface area contributed by atoms with E-state index in [9.17, 15) is 9.59 Å². The smallest absolute Gasteiger partial charge is 0.182 e. The highest BCUT2D eigenvalue weighted by molar-refractivity contribution is 14.1. The number of hydrogen-bond acceptors (Lipinski definition) is 5. The van der Waals surface area contributed by atoms with E-state index in [1.807, 2.05) is 53.2 Å². The number of ketones is 2. The molecule has 3 aromatic rings. The molecule has 0 atom stereocenters. The van der Waals surface area contributed by atoms with Gasteiger partial charge in [0.05, 0.1) is 24.0 Å². The number of carbonyl (C=O) groups excluding carboxylic acids is 2. The van der Waals surface area contributed by atoms with Crippen molar-refractivity contribution in [2.75, 3.05) is 5.43 Å². The van der Waals surface area contributed by atoms with Crippen molar-refractivity contribution < 1.29 is 9.59 Å². The van der Waals surface area contributed by atoms with Gasteiger partial charge in [-0.05, 0) is 47.7 Å². The van der Waals surface area contributed by atoms with Crippen molar-refractivity contribution >= 4 is 51.7 Å². The van der Waals surface area contributed by atoms with E-state index < -0.39 is 0 Å². The molecule has 0 saturated carbocycles. The Morgan fingerprint density at radius 2 is 2.04 bits per heavy atom. The minimum atomic E-state index is -0.334. The minimum absolute atomic E-state index is 0.141. The molecular formula is C18H15IN4O2. The molecule has 0 radical (unpaired) electrons. The average Bonchev–Trinajstić information content (AvgIpc) is 2.97. The Bertz CT molecular complexity index is 978. The first-order valence-electron chi connectivity index (χ1n) is 7.58. The standard InChI is InChI=1S/C18H15IN4O2/c1-12(24)8-14(25)9-20-22-16-5-3-2-4-15(16)17-11-23-10-13(19)6-7-18(23)21-17/h2-7,9-11,22H,8H2,1H3. The quantitative estimate of drug-likeness (QED) is 0.272. The molecule has 0 unspecified atom stereocenters. The highest BCUT2D eigenvalue weighted by Crippen LogP contribution is 2.27. The van der Waals surface area contributed by atoms with Crippen molar-refractivity contribution in [2.45, 2.75) is 13.3 Å². The van der Waals surface area contributed by atoms with Crippen LogP contribution in [0.5, 0.6) is 0 Å². The average molecular weight is 446 g/mol. The van der Waals surface area contributed by atoms with Crippen LogP contribution in [0.1, 0.15) is 13.3 Å². The van der Waals surface area contributed by atoms with Crippen molar-refractivity contribution in [2.24, 2.45) is 5.10 Å². The number of hydrazone groups is 1. The highest BCUT2D eigenvalue weighted by Gasteiger charge is 2.09. The van der Waals surface area contributed by atoms with Gasteiger partial charge in [0.1, 0.15) is 11.4 Å². The predicted octanol–water partition coefficient (Wildman–Crippen LogP) is 3.55. The molecule has 2 heterocycles. The van der Waals surface area contributed by atoms with Crippen molar-refractivity contribution in [3.63, 3.8) is 0 Å². The number of rotatable bonds is 6. The Balaban J connectivity index is 1.86. The van der Waals surface area contributed by atoms with E-state index in [1.54, 1.807) is 0 Å². The number of anilines is 1. The number of para-hydroxylation sites is 1. The van der Waals surface area contributed by atoms with Crippen LogP contribution in [0.2, 0.25) is 0 Å². The summed E-state index contributed by atoms with van der Waals surface area (Å²) in [5.74, 6) is -0.518. The van der Waals surface area contributed by atoms with Crippen LogP contribution in [0, 0.1) is 3.57 Å². The van der Waals surface area contributed by atoms with E-state index in [1.165, 1.54) is 6.92 Å². The largest absolute Gasteiger partial charge is 0.305 e. The fraction of sp³-hybridized carbons (Fsp3) is 0.111. The van der Waals surface area contributed by atoms with Gasteiger partial charge in [-0.15, -0.1) is 0 Å². The SMILES string of the molecule is CC(=O)CC(=O)C=NNc1ccccc1-c1cn2cc(I)ccc2n1. The molecule has 2 aromatic heterocycles. The van der Waals surface area contributed by atoms with Crippen LogP contribution in [0.4, 0.5) is 5.69 Å². The third-order valence-corrected chi connectivity index (χ3v) is 4.07. The molecule has 0 bridgehead atoms. The third-order valence-electron chi connectivity index (χ3n) is 3.43. The summed E-state index contributed by atoms with van der Waals surface area (Å²) in [5.41, 5.74) is 6.11. The van der Waals surface area contributed by atoms with Gasteiger partial charge in [-0.1, -0.05) is 18.2 Å². The lowest BCUT2D eigenvalue weighted by Gasteiger charge is -2.05. The molecule has 7 heteroatoms. The van der Waals surface area contributed by atoms with E-state index >= 15 is 0 Å². The minimum Gasteiger partial charge on any atom is -0.305 e. The normalized spacial score (nSPS) is 11.1. The van der Waals surface area contributed by atoms with Crippen molar-refractivity contribution in [1.82, 2.24) is 9.38 Å². The van der Waals surface area contributed by atoms with Crippen LogP contribution in [-0.4, -0.2) is 27.2 Å².